The number of amides is 1. The Labute approximate surface area is 139 Å². The van der Waals surface area contributed by atoms with Gasteiger partial charge in [0.15, 0.2) is 5.78 Å². The van der Waals surface area contributed by atoms with E-state index in [-0.39, 0.29) is 83.7 Å². The standard InChI is InChI=1S/C10H15NO4.W.Y/c1-4-5(2)10(3-6(12)11-10)9(15)8(14)7(4)13;;/h4-5,8-9,14-15H,3H2,1-2H3,(H,11,12);;/p-1. The minimum atomic E-state index is -1.41. The van der Waals surface area contributed by atoms with Crippen molar-refractivity contribution in [1.82, 2.24) is 0 Å². The molecule has 2 fully saturated rings. The molecule has 2 aliphatic rings. The molecule has 0 aromatic carbocycles. The van der Waals surface area contributed by atoms with E-state index in [2.05, 4.69) is 5.32 Å². The Kier molecular flexibility index (Phi) is 6.17. The van der Waals surface area contributed by atoms with E-state index in [1.165, 1.54) is 0 Å². The number of nitrogens with zero attached hydrogens (tertiary/aromatic N) is 1. The van der Waals surface area contributed by atoms with E-state index in [0.717, 1.165) is 0 Å². The molecule has 1 aliphatic carbocycles. The minimum Gasteiger partial charge on any atom is -0.645 e. The Balaban J connectivity index is 0.00000128. The van der Waals surface area contributed by atoms with Crippen molar-refractivity contribution >= 4 is 11.7 Å². The van der Waals surface area contributed by atoms with E-state index >= 15 is 0 Å². The average molecular weight is 485 g/mol. The molecule has 0 aromatic heterocycles. The molecule has 17 heavy (non-hydrogen) atoms. The Morgan fingerprint density at radius 2 is 1.76 bits per heavy atom. The number of Topliss-reactive ketones (excluding diaryl/α,β-unsaturated/α-hetero) is 1. The van der Waals surface area contributed by atoms with E-state index in [1.807, 2.05) is 0 Å². The molecule has 7 heteroatoms. The van der Waals surface area contributed by atoms with Gasteiger partial charge >= 0.3 is 0 Å². The topological polar surface area (TPSA) is 88.7 Å². The zero-order valence-electron chi connectivity index (χ0n) is 9.66. The largest absolute Gasteiger partial charge is 0.645 e. The van der Waals surface area contributed by atoms with Crippen LogP contribution >= 0.6 is 0 Å². The molecule has 1 saturated carbocycles. The Bertz CT molecular complexity index is 310. The van der Waals surface area contributed by atoms with E-state index in [9.17, 15) is 19.8 Å². The summed E-state index contributed by atoms with van der Waals surface area (Å²) in [5.41, 5.74) is -0.927. The number of carbonyl (C=O) groups is 2. The third-order valence-corrected chi connectivity index (χ3v) is 3.86. The first kappa shape index (κ1) is 17.9. The summed E-state index contributed by atoms with van der Waals surface area (Å²) in [4.78, 5) is 22.4. The van der Waals surface area contributed by atoms with Crippen LogP contribution in [0.1, 0.15) is 20.3 Å². The third kappa shape index (κ3) is 2.46. The van der Waals surface area contributed by atoms with Gasteiger partial charge in [-0.3, -0.25) is 4.79 Å². The van der Waals surface area contributed by atoms with E-state index in [1.54, 1.807) is 13.8 Å². The summed E-state index contributed by atoms with van der Waals surface area (Å²) >= 11 is 0. The summed E-state index contributed by atoms with van der Waals surface area (Å²) in [5.74, 6) is -1.22. The van der Waals surface area contributed by atoms with Gasteiger partial charge in [0.25, 0.3) is 0 Å². The summed E-state index contributed by atoms with van der Waals surface area (Å²) < 4.78 is 0. The second kappa shape index (κ2) is 5.87. The van der Waals surface area contributed by atoms with Gasteiger partial charge in [-0.2, -0.15) is 0 Å². The normalized spacial score (nSPS) is 44.2. The van der Waals surface area contributed by atoms with Gasteiger partial charge in [0.1, 0.15) is 6.10 Å². The Morgan fingerprint density at radius 1 is 1.29 bits per heavy atom. The smallest absolute Gasteiger partial charge is 0.166 e. The van der Waals surface area contributed by atoms with Gasteiger partial charge in [-0.25, -0.2) is 0 Å². The van der Waals surface area contributed by atoms with Gasteiger partial charge in [0.05, 0.1) is 12.0 Å². The molecule has 1 spiro atoms. The number of carbonyl (C=O) groups excluding carboxylic acids is 2. The zero-order chi connectivity index (χ0) is 11.4. The van der Waals surface area contributed by atoms with Crippen LogP contribution in [-0.4, -0.2) is 39.7 Å². The number of β-lactam (4-membered cyclic amide) rings is 1. The third-order valence-electron chi connectivity index (χ3n) is 3.86. The van der Waals surface area contributed by atoms with Crippen molar-refractivity contribution in [2.24, 2.45) is 11.8 Å². The van der Waals surface area contributed by atoms with Gasteiger partial charge in [0.2, 0.25) is 0 Å². The fourth-order valence-corrected chi connectivity index (χ4v) is 2.54. The summed E-state index contributed by atoms with van der Waals surface area (Å²) in [5, 5.41) is 23.2. The molecule has 2 N–H and O–H groups in total. The van der Waals surface area contributed by atoms with Crippen molar-refractivity contribution in [3.8, 4) is 0 Å². The maximum absolute atomic E-state index is 11.5. The molecule has 0 bridgehead atoms. The number of aliphatic hydroxyl groups excluding tert-OH is 2. The second-order valence-electron chi connectivity index (χ2n) is 4.54. The molecule has 5 nitrogen and oxygen atoms in total. The van der Waals surface area contributed by atoms with Crippen LogP contribution in [0.4, 0.5) is 0 Å². The van der Waals surface area contributed by atoms with Crippen LogP contribution in [-0.2, 0) is 63.4 Å². The molecule has 1 radical (unpaired) electrons. The first-order valence-corrected chi connectivity index (χ1v) is 5.06. The molecule has 1 saturated heterocycles. The first-order chi connectivity index (χ1) is 6.90. The van der Waals surface area contributed by atoms with Crippen molar-refractivity contribution in [3.05, 3.63) is 5.32 Å². The van der Waals surface area contributed by atoms with Crippen LogP contribution in [0.15, 0.2) is 0 Å². The summed E-state index contributed by atoms with van der Waals surface area (Å²) in [6.45, 7) is 3.48. The van der Waals surface area contributed by atoms with Crippen LogP contribution in [0.2, 0.25) is 0 Å². The average Bonchev–Trinajstić information content (AvgIpc) is 2.17. The van der Waals surface area contributed by atoms with E-state index in [4.69, 9.17) is 0 Å². The number of hydrogen-bond acceptors (Lipinski definition) is 4. The van der Waals surface area contributed by atoms with E-state index < -0.39 is 17.7 Å². The summed E-state index contributed by atoms with van der Waals surface area (Å²) in [7, 11) is 0. The molecular weight excluding hydrogens is 471 g/mol. The molecule has 1 aliphatic heterocycles. The zero-order valence-corrected chi connectivity index (χ0v) is 15.4. The maximum atomic E-state index is 11.5. The van der Waals surface area contributed by atoms with Crippen LogP contribution in [0.25, 0.3) is 5.32 Å². The number of hydrogen-bond donors (Lipinski definition) is 2. The summed E-state index contributed by atoms with van der Waals surface area (Å²) in [6, 6.07) is 0. The molecule has 5 atom stereocenters. The predicted molar refractivity (Wildman–Crippen MR) is 51.1 cm³/mol. The SMILES string of the molecule is CC1C(=O)C(O)C(O)C2(CC(=O)[N-]2)C1C.[W].[Y]. The van der Waals surface area contributed by atoms with Crippen LogP contribution in [0, 0.1) is 11.8 Å². The molecular formula is C10H14NO4WY-. The molecule has 0 aromatic rings. The molecule has 1 heterocycles. The molecule has 2 rings (SSSR count). The molecule has 93 valence electrons. The number of ketones is 1. The predicted octanol–water partition coefficient (Wildman–Crippen LogP) is -0.399. The van der Waals surface area contributed by atoms with Gasteiger partial charge < -0.3 is 20.3 Å². The van der Waals surface area contributed by atoms with Crippen molar-refractivity contribution in [2.45, 2.75) is 38.0 Å². The van der Waals surface area contributed by atoms with Crippen molar-refractivity contribution < 1.29 is 73.6 Å². The van der Waals surface area contributed by atoms with E-state index in [0.29, 0.717) is 0 Å². The molecule has 1 amide bonds. The number of rotatable bonds is 0. The second-order valence-corrected chi connectivity index (χ2v) is 4.54. The van der Waals surface area contributed by atoms with Crippen LogP contribution in [0.3, 0.4) is 0 Å². The maximum Gasteiger partial charge on any atom is 0.166 e. The van der Waals surface area contributed by atoms with Gasteiger partial charge in [-0.1, -0.05) is 19.4 Å². The van der Waals surface area contributed by atoms with Crippen molar-refractivity contribution in [2.75, 3.05) is 0 Å². The van der Waals surface area contributed by atoms with Crippen molar-refractivity contribution in [1.29, 1.82) is 0 Å². The Hall–Kier alpha value is 0.852. The van der Waals surface area contributed by atoms with Crippen LogP contribution in [0.5, 0.6) is 0 Å². The van der Waals surface area contributed by atoms with Gasteiger partial charge in [0, 0.05) is 59.7 Å². The van der Waals surface area contributed by atoms with Gasteiger partial charge in [-0.05, 0) is 12.3 Å². The first-order valence-electron chi connectivity index (χ1n) is 5.06. The van der Waals surface area contributed by atoms with Gasteiger partial charge in [-0.15, -0.1) is 0 Å². The molecule has 5 unspecified atom stereocenters. The fraction of sp³-hybridized carbons (Fsp3) is 0.800. The quantitative estimate of drug-likeness (QED) is 0.458. The minimum absolute atomic E-state index is 0. The monoisotopic (exact) mass is 485 g/mol. The Morgan fingerprint density at radius 3 is 2.18 bits per heavy atom. The summed E-state index contributed by atoms with van der Waals surface area (Å²) in [6.07, 6.45) is -2.52. The number of aliphatic hydroxyl groups is 2. The van der Waals surface area contributed by atoms with Crippen molar-refractivity contribution in [3.63, 3.8) is 0 Å². The van der Waals surface area contributed by atoms with Crippen LogP contribution < -0.4 is 0 Å². The fourth-order valence-electron chi connectivity index (χ4n) is 2.54.